The molecule has 4 aromatic rings. The van der Waals surface area contributed by atoms with Gasteiger partial charge in [-0.05, 0) is 93.4 Å². The van der Waals surface area contributed by atoms with Crippen molar-refractivity contribution in [2.75, 3.05) is 17.2 Å². The van der Waals surface area contributed by atoms with E-state index in [4.69, 9.17) is 14.3 Å². The number of ether oxygens (including phenoxy) is 2. The molecule has 1 aromatic heterocycles. The number of rotatable bonds is 11. The summed E-state index contributed by atoms with van der Waals surface area (Å²) in [4.78, 5) is 30.4. The predicted molar refractivity (Wildman–Crippen MR) is 185 cm³/mol. The summed E-state index contributed by atoms with van der Waals surface area (Å²) >= 11 is 0. The van der Waals surface area contributed by atoms with E-state index in [0.717, 1.165) is 6.04 Å². The Labute approximate surface area is 276 Å². The summed E-state index contributed by atoms with van der Waals surface area (Å²) in [7, 11) is -4.72. The number of benzene rings is 3. The molecule has 1 atom stereocenters. The zero-order valence-electron chi connectivity index (χ0n) is 27.8. The van der Waals surface area contributed by atoms with Crippen molar-refractivity contribution in [3.8, 4) is 11.1 Å². The lowest BCUT2D eigenvalue weighted by atomic mass is 10.0. The Bertz CT molecular complexity index is 1850. The van der Waals surface area contributed by atoms with E-state index in [2.05, 4.69) is 35.3 Å². The fourth-order valence-electron chi connectivity index (χ4n) is 4.47. The van der Waals surface area contributed by atoms with E-state index < -0.39 is 35.4 Å². The van der Waals surface area contributed by atoms with Gasteiger partial charge in [-0.3, -0.25) is 10.1 Å². The SMILES string of the molecule is Cc1c(S(=N)(=O)c2ccc(C(=O)Nc3cc(-c4ccc(F)cc4)ccc3NC(=O)OC(C)(C)C)cc2)ncn1COCC[Si](C)(C)C. The third-order valence-electron chi connectivity index (χ3n) is 7.08. The van der Waals surface area contributed by atoms with Crippen molar-refractivity contribution < 1.29 is 27.7 Å². The Balaban J connectivity index is 1.54. The normalized spacial score (nSPS) is 13.1. The number of halogens is 1. The molecule has 250 valence electrons. The Morgan fingerprint density at radius 2 is 1.60 bits per heavy atom. The minimum Gasteiger partial charge on any atom is -0.444 e. The lowest BCUT2D eigenvalue weighted by Gasteiger charge is -2.21. The first-order valence-electron chi connectivity index (χ1n) is 15.1. The topological polar surface area (TPSA) is 135 Å². The average molecular weight is 680 g/mol. The molecule has 3 aromatic carbocycles. The van der Waals surface area contributed by atoms with Gasteiger partial charge in [-0.15, -0.1) is 0 Å². The standard InChI is InChI=1S/C34H42FN5O5SSi/c1-23-32(37-21-40(23)22-44-18-19-47(5,6)7)46(36,43)28-15-10-25(11-16-28)31(41)38-30-20-26(24-8-13-27(35)14-9-24)12-17-29(30)39-33(42)45-34(2,3)4/h8-17,20-21,36H,18-19,22H2,1-7H3,(H,38,41)(H,39,42). The van der Waals surface area contributed by atoms with Crippen LogP contribution >= 0.6 is 0 Å². The van der Waals surface area contributed by atoms with E-state index in [1.807, 2.05) is 0 Å². The Morgan fingerprint density at radius 1 is 0.957 bits per heavy atom. The van der Waals surface area contributed by atoms with Crippen LogP contribution in [0.4, 0.5) is 20.6 Å². The van der Waals surface area contributed by atoms with Crippen molar-refractivity contribution in [1.29, 1.82) is 4.78 Å². The zero-order valence-corrected chi connectivity index (χ0v) is 29.6. The van der Waals surface area contributed by atoms with E-state index in [1.54, 1.807) is 62.6 Å². The summed E-state index contributed by atoms with van der Waals surface area (Å²) in [5.41, 5.74) is 2.02. The van der Waals surface area contributed by atoms with Gasteiger partial charge in [0.1, 0.15) is 27.9 Å². The van der Waals surface area contributed by atoms with Crippen molar-refractivity contribution in [3.05, 3.63) is 90.1 Å². The lowest BCUT2D eigenvalue weighted by molar-refractivity contribution is 0.0635. The molecule has 2 amide bonds. The first kappa shape index (κ1) is 35.5. The summed E-state index contributed by atoms with van der Waals surface area (Å²) in [6.07, 6.45) is 0.825. The molecule has 0 saturated carbocycles. The Kier molecular flexibility index (Phi) is 10.7. The Hall–Kier alpha value is -4.33. The molecule has 13 heteroatoms. The molecule has 0 aliphatic heterocycles. The van der Waals surface area contributed by atoms with Crippen molar-refractivity contribution >= 4 is 41.2 Å². The molecule has 10 nitrogen and oxygen atoms in total. The molecule has 0 spiro atoms. The van der Waals surface area contributed by atoms with Gasteiger partial charge in [0.25, 0.3) is 5.91 Å². The van der Waals surface area contributed by atoms with E-state index in [0.29, 0.717) is 29.1 Å². The summed E-state index contributed by atoms with van der Waals surface area (Å²) in [5, 5.41) is 5.64. The highest BCUT2D eigenvalue weighted by Crippen LogP contribution is 2.31. The van der Waals surface area contributed by atoms with Crippen LogP contribution in [0.2, 0.25) is 25.7 Å². The monoisotopic (exact) mass is 679 g/mol. The summed E-state index contributed by atoms with van der Waals surface area (Å²) in [5.74, 6) is -0.886. The van der Waals surface area contributed by atoms with Crippen LogP contribution in [0.3, 0.4) is 0 Å². The molecule has 0 fully saturated rings. The first-order valence-corrected chi connectivity index (χ1v) is 20.4. The molecule has 0 aliphatic rings. The van der Waals surface area contributed by atoms with Gasteiger partial charge in [-0.25, -0.2) is 23.2 Å². The van der Waals surface area contributed by atoms with E-state index in [1.165, 1.54) is 42.7 Å². The second-order valence-electron chi connectivity index (χ2n) is 13.4. The van der Waals surface area contributed by atoms with Crippen molar-refractivity contribution in [1.82, 2.24) is 9.55 Å². The predicted octanol–water partition coefficient (Wildman–Crippen LogP) is 8.37. The molecule has 0 radical (unpaired) electrons. The number of amides is 2. The molecule has 1 unspecified atom stereocenters. The summed E-state index contributed by atoms with van der Waals surface area (Å²) in [6.45, 7) is 14.7. The smallest absolute Gasteiger partial charge is 0.412 e. The largest absolute Gasteiger partial charge is 0.444 e. The number of nitrogens with zero attached hydrogens (tertiary/aromatic N) is 2. The van der Waals surface area contributed by atoms with Gasteiger partial charge in [0, 0.05) is 20.2 Å². The minimum atomic E-state index is -3.48. The number of imidazole rings is 1. The van der Waals surface area contributed by atoms with E-state index in [9.17, 15) is 18.2 Å². The number of anilines is 2. The molecular formula is C34H42FN5O5SSi. The van der Waals surface area contributed by atoms with Crippen LogP contribution in [0.5, 0.6) is 0 Å². The van der Waals surface area contributed by atoms with Crippen LogP contribution in [0, 0.1) is 17.5 Å². The van der Waals surface area contributed by atoms with E-state index >= 15 is 0 Å². The third-order valence-corrected chi connectivity index (χ3v) is 10.7. The lowest BCUT2D eigenvalue weighted by Crippen LogP contribution is -2.27. The maximum absolute atomic E-state index is 13.7. The second kappa shape index (κ2) is 14.2. The zero-order chi connectivity index (χ0) is 34.6. The molecule has 0 saturated heterocycles. The second-order valence-corrected chi connectivity index (χ2v) is 21.0. The highest BCUT2D eigenvalue weighted by molar-refractivity contribution is 7.92. The van der Waals surface area contributed by atoms with Crippen LogP contribution in [0.25, 0.3) is 11.1 Å². The quantitative estimate of drug-likeness (QED) is 0.108. The first-order chi connectivity index (χ1) is 21.9. The fourth-order valence-corrected chi connectivity index (χ4v) is 6.70. The highest BCUT2D eigenvalue weighted by atomic mass is 32.2. The fraction of sp³-hybridized carbons (Fsp3) is 0.324. The number of hydrogen-bond acceptors (Lipinski definition) is 7. The van der Waals surface area contributed by atoms with Gasteiger partial charge >= 0.3 is 6.09 Å². The number of aromatic nitrogens is 2. The molecular weight excluding hydrogens is 638 g/mol. The number of hydrogen-bond donors (Lipinski definition) is 3. The van der Waals surface area contributed by atoms with Crippen LogP contribution in [-0.2, 0) is 25.9 Å². The van der Waals surface area contributed by atoms with Crippen LogP contribution in [0.1, 0.15) is 36.8 Å². The summed E-state index contributed by atoms with van der Waals surface area (Å²) in [6, 6.07) is 17.8. The molecule has 0 aliphatic carbocycles. The Morgan fingerprint density at radius 3 is 2.21 bits per heavy atom. The molecule has 4 rings (SSSR count). The third kappa shape index (κ3) is 9.59. The van der Waals surface area contributed by atoms with Gasteiger partial charge in [-0.1, -0.05) is 37.8 Å². The van der Waals surface area contributed by atoms with Crippen molar-refractivity contribution in [3.63, 3.8) is 0 Å². The van der Waals surface area contributed by atoms with Gasteiger partial charge in [-0.2, -0.15) is 0 Å². The van der Waals surface area contributed by atoms with Crippen LogP contribution in [-0.4, -0.2) is 46.0 Å². The van der Waals surface area contributed by atoms with Crippen molar-refractivity contribution in [2.45, 2.75) is 75.6 Å². The number of carbonyl (C=O) groups excluding carboxylic acids is 2. The minimum absolute atomic E-state index is 0.138. The maximum atomic E-state index is 13.7. The molecule has 0 bridgehead atoms. The number of nitrogens with one attached hydrogen (secondary N) is 3. The maximum Gasteiger partial charge on any atom is 0.412 e. The van der Waals surface area contributed by atoms with Crippen molar-refractivity contribution in [2.24, 2.45) is 0 Å². The summed E-state index contributed by atoms with van der Waals surface area (Å²) < 4.78 is 48.9. The molecule has 1 heterocycles. The van der Waals surface area contributed by atoms with Gasteiger partial charge in [0.15, 0.2) is 5.03 Å². The van der Waals surface area contributed by atoms with Gasteiger partial charge < -0.3 is 19.4 Å². The van der Waals surface area contributed by atoms with Crippen LogP contribution < -0.4 is 10.6 Å². The molecule has 3 N–H and O–H groups in total. The number of carbonyl (C=O) groups is 2. The molecule has 47 heavy (non-hydrogen) atoms. The van der Waals surface area contributed by atoms with Gasteiger partial charge in [0.2, 0.25) is 0 Å². The van der Waals surface area contributed by atoms with Gasteiger partial charge in [0.05, 0.1) is 28.3 Å². The van der Waals surface area contributed by atoms with Crippen LogP contribution in [0.15, 0.2) is 83.0 Å². The van der Waals surface area contributed by atoms with E-state index in [-0.39, 0.29) is 33.7 Å². The highest BCUT2D eigenvalue weighted by Gasteiger charge is 2.22. The average Bonchev–Trinajstić information content (AvgIpc) is 3.36.